The molecule has 0 aliphatic carbocycles. The van der Waals surface area contributed by atoms with E-state index in [-0.39, 0.29) is 21.9 Å². The van der Waals surface area contributed by atoms with E-state index in [1.165, 1.54) is 16.4 Å². The van der Waals surface area contributed by atoms with Gasteiger partial charge >= 0.3 is 0 Å². The van der Waals surface area contributed by atoms with Crippen molar-refractivity contribution < 1.29 is 18.0 Å². The summed E-state index contributed by atoms with van der Waals surface area (Å²) in [7, 11) is -3.83. The molecule has 3 aromatic rings. The van der Waals surface area contributed by atoms with Gasteiger partial charge in [0.2, 0.25) is 0 Å². The fourth-order valence-electron chi connectivity index (χ4n) is 3.99. The highest BCUT2D eigenvalue weighted by atomic mass is 32.2. The van der Waals surface area contributed by atoms with Crippen molar-refractivity contribution in [1.82, 2.24) is 5.32 Å². The maximum atomic E-state index is 13.4. The van der Waals surface area contributed by atoms with Crippen molar-refractivity contribution in [3.05, 3.63) is 89.5 Å². The molecule has 0 spiro atoms. The second kappa shape index (κ2) is 9.54. The fraction of sp³-hybridized carbons (Fsp3) is 0.259. The minimum Gasteiger partial charge on any atom is -0.347 e. The van der Waals surface area contributed by atoms with Crippen molar-refractivity contribution in [2.24, 2.45) is 0 Å². The molecule has 0 bridgehead atoms. The molecule has 2 amide bonds. The van der Waals surface area contributed by atoms with E-state index >= 15 is 0 Å². The van der Waals surface area contributed by atoms with Crippen LogP contribution in [0.1, 0.15) is 53.5 Å². The van der Waals surface area contributed by atoms with Gasteiger partial charge in [0.15, 0.2) is 0 Å². The lowest BCUT2D eigenvalue weighted by Crippen LogP contribution is -2.40. The molecule has 0 fully saturated rings. The topological polar surface area (TPSA) is 95.6 Å². The monoisotopic (exact) mass is 491 g/mol. The highest BCUT2D eigenvalue weighted by molar-refractivity contribution is 7.92. The molecular weight excluding hydrogens is 462 g/mol. The number of rotatable bonds is 5. The Morgan fingerprint density at radius 1 is 0.857 bits per heavy atom. The minimum atomic E-state index is -3.83. The Labute approximate surface area is 206 Å². The molecule has 0 saturated heterocycles. The zero-order valence-corrected chi connectivity index (χ0v) is 20.9. The van der Waals surface area contributed by atoms with E-state index < -0.39 is 15.9 Å². The van der Waals surface area contributed by atoms with E-state index in [0.29, 0.717) is 23.5 Å². The number of carbonyl (C=O) groups excluding carboxylic acids is 2. The summed E-state index contributed by atoms with van der Waals surface area (Å²) in [5.74, 6) is -0.638. The number of nitrogens with one attached hydrogen (secondary N) is 2. The zero-order valence-electron chi connectivity index (χ0n) is 20.0. The average Bonchev–Trinajstić information content (AvgIpc) is 2.83. The predicted molar refractivity (Wildman–Crippen MR) is 137 cm³/mol. The van der Waals surface area contributed by atoms with Crippen LogP contribution in [0.15, 0.2) is 77.7 Å². The van der Waals surface area contributed by atoms with Gasteiger partial charge in [0.1, 0.15) is 0 Å². The van der Waals surface area contributed by atoms with Gasteiger partial charge in [-0.2, -0.15) is 0 Å². The second-order valence-electron chi connectivity index (χ2n) is 9.57. The highest BCUT2D eigenvalue weighted by Crippen LogP contribution is 2.32. The maximum Gasteiger partial charge on any atom is 0.264 e. The Kier molecular flexibility index (Phi) is 6.67. The summed E-state index contributed by atoms with van der Waals surface area (Å²) in [4.78, 5) is 25.2. The number of fused-ring (bicyclic) bond motifs is 1. The average molecular weight is 492 g/mol. The molecule has 7 nitrogen and oxygen atoms in total. The van der Waals surface area contributed by atoms with Gasteiger partial charge in [-0.05, 0) is 87.7 Å². The number of hydrogen-bond donors (Lipinski definition) is 2. The molecule has 182 valence electrons. The highest BCUT2D eigenvalue weighted by Gasteiger charge is 2.29. The summed E-state index contributed by atoms with van der Waals surface area (Å²) in [6.07, 6.45) is 1.57. The van der Waals surface area contributed by atoms with Crippen molar-refractivity contribution in [2.45, 2.75) is 44.0 Å². The molecule has 0 atom stereocenters. The van der Waals surface area contributed by atoms with E-state index in [0.717, 1.165) is 18.4 Å². The summed E-state index contributed by atoms with van der Waals surface area (Å²) < 4.78 is 28.3. The molecule has 0 aromatic heterocycles. The number of nitrogens with zero attached hydrogens (tertiary/aromatic N) is 1. The smallest absolute Gasteiger partial charge is 0.264 e. The first-order valence-corrected chi connectivity index (χ1v) is 12.9. The standard InChI is InChI=1S/C27H29N3O4S/c1-27(2,3)29-26(32)20-13-15-22(16-14-20)28-25(31)21-9-6-11-23(18-21)35(33,34)30-17-7-10-19-8-4-5-12-24(19)30/h4-6,8-9,11-16,18H,7,10,17H2,1-3H3,(H,28,31)(H,29,32). The van der Waals surface area contributed by atoms with Crippen LogP contribution < -0.4 is 14.9 Å². The van der Waals surface area contributed by atoms with Crippen LogP contribution in [-0.2, 0) is 16.4 Å². The number of aryl methyl sites for hydroxylation is 1. The molecule has 1 heterocycles. The predicted octanol–water partition coefficient (Wildman–Crippen LogP) is 4.61. The summed E-state index contributed by atoms with van der Waals surface area (Å²) >= 11 is 0. The second-order valence-corrected chi connectivity index (χ2v) is 11.4. The molecule has 35 heavy (non-hydrogen) atoms. The third kappa shape index (κ3) is 5.54. The van der Waals surface area contributed by atoms with Crippen LogP contribution in [0.4, 0.5) is 11.4 Å². The van der Waals surface area contributed by atoms with Crippen LogP contribution in [0, 0.1) is 0 Å². The Balaban J connectivity index is 1.51. The normalized spacial score (nSPS) is 13.6. The summed E-state index contributed by atoms with van der Waals surface area (Å²) in [6, 6.07) is 20.1. The van der Waals surface area contributed by atoms with Crippen LogP contribution >= 0.6 is 0 Å². The Morgan fingerprint density at radius 3 is 2.29 bits per heavy atom. The number of carbonyl (C=O) groups is 2. The van der Waals surface area contributed by atoms with Crippen molar-refractivity contribution >= 4 is 33.2 Å². The first kappa shape index (κ1) is 24.5. The van der Waals surface area contributed by atoms with Gasteiger partial charge in [0.05, 0.1) is 10.6 Å². The van der Waals surface area contributed by atoms with Crippen molar-refractivity contribution in [3.63, 3.8) is 0 Å². The lowest BCUT2D eigenvalue weighted by Gasteiger charge is -2.30. The maximum absolute atomic E-state index is 13.4. The van der Waals surface area contributed by atoms with Crippen LogP contribution in [0.2, 0.25) is 0 Å². The summed E-state index contributed by atoms with van der Waals surface area (Å²) in [5, 5.41) is 5.66. The molecule has 8 heteroatoms. The largest absolute Gasteiger partial charge is 0.347 e. The molecule has 3 aromatic carbocycles. The van der Waals surface area contributed by atoms with Gasteiger partial charge in [-0.3, -0.25) is 13.9 Å². The molecular formula is C27H29N3O4S. The van der Waals surface area contributed by atoms with E-state index in [1.807, 2.05) is 45.0 Å². The van der Waals surface area contributed by atoms with Gasteiger partial charge in [0, 0.05) is 28.9 Å². The molecule has 0 saturated carbocycles. The Hall–Kier alpha value is -3.65. The molecule has 0 radical (unpaired) electrons. The molecule has 2 N–H and O–H groups in total. The van der Waals surface area contributed by atoms with Crippen molar-refractivity contribution in [2.75, 3.05) is 16.2 Å². The number of sulfonamides is 1. The third-order valence-corrected chi connectivity index (χ3v) is 7.45. The molecule has 0 unspecified atom stereocenters. The van der Waals surface area contributed by atoms with Gasteiger partial charge in [-0.25, -0.2) is 8.42 Å². The third-order valence-electron chi connectivity index (χ3n) is 5.65. The first-order valence-electron chi connectivity index (χ1n) is 11.5. The zero-order chi connectivity index (χ0) is 25.2. The first-order chi connectivity index (χ1) is 16.5. The van der Waals surface area contributed by atoms with Crippen LogP contribution in [-0.4, -0.2) is 32.3 Å². The van der Waals surface area contributed by atoms with Crippen molar-refractivity contribution in [1.29, 1.82) is 0 Å². The van der Waals surface area contributed by atoms with Gasteiger partial charge in [-0.15, -0.1) is 0 Å². The minimum absolute atomic E-state index is 0.0658. The lowest BCUT2D eigenvalue weighted by molar-refractivity contribution is 0.0919. The molecule has 1 aliphatic rings. The van der Waals surface area contributed by atoms with Crippen LogP contribution in [0.5, 0.6) is 0 Å². The Morgan fingerprint density at radius 2 is 1.57 bits per heavy atom. The van der Waals surface area contributed by atoms with Crippen LogP contribution in [0.25, 0.3) is 0 Å². The van der Waals surface area contributed by atoms with E-state index in [2.05, 4.69) is 10.6 Å². The van der Waals surface area contributed by atoms with Crippen LogP contribution in [0.3, 0.4) is 0 Å². The number of amides is 2. The molecule has 4 rings (SSSR count). The van der Waals surface area contributed by atoms with Gasteiger partial charge in [-0.1, -0.05) is 24.3 Å². The number of benzene rings is 3. The summed E-state index contributed by atoms with van der Waals surface area (Å²) in [5.41, 5.74) is 2.53. The number of para-hydroxylation sites is 1. The fourth-order valence-corrected chi connectivity index (χ4v) is 5.58. The lowest BCUT2D eigenvalue weighted by atomic mass is 10.0. The van der Waals surface area contributed by atoms with E-state index in [1.54, 1.807) is 36.4 Å². The van der Waals surface area contributed by atoms with Gasteiger partial charge in [0.25, 0.3) is 21.8 Å². The Bertz CT molecular complexity index is 1360. The SMILES string of the molecule is CC(C)(C)NC(=O)c1ccc(NC(=O)c2cccc(S(=O)(=O)N3CCCc4ccccc43)c2)cc1. The van der Waals surface area contributed by atoms with E-state index in [9.17, 15) is 18.0 Å². The molecule has 1 aliphatic heterocycles. The van der Waals surface area contributed by atoms with Crippen molar-refractivity contribution in [3.8, 4) is 0 Å². The van der Waals surface area contributed by atoms with E-state index in [4.69, 9.17) is 0 Å². The number of hydrogen-bond acceptors (Lipinski definition) is 4. The number of anilines is 2. The summed E-state index contributed by atoms with van der Waals surface area (Å²) in [6.45, 7) is 6.10. The van der Waals surface area contributed by atoms with Gasteiger partial charge < -0.3 is 10.6 Å². The quantitative estimate of drug-likeness (QED) is 0.545.